The molecule has 0 aliphatic rings. The number of aryl methyl sites for hydroxylation is 1. The zero-order chi connectivity index (χ0) is 24.8. The molecule has 0 fully saturated rings. The lowest BCUT2D eigenvalue weighted by Gasteiger charge is -2.08. The van der Waals surface area contributed by atoms with Crippen LogP contribution in [0.1, 0.15) is 10.6 Å². The van der Waals surface area contributed by atoms with Crippen LogP contribution in [0.3, 0.4) is 0 Å². The van der Waals surface area contributed by atoms with Crippen LogP contribution in [0.5, 0.6) is 16.6 Å². The zero-order valence-electron chi connectivity index (χ0n) is 19.6. The molecule has 0 radical (unpaired) electrons. The van der Waals surface area contributed by atoms with Gasteiger partial charge in [0.25, 0.3) is 0 Å². The summed E-state index contributed by atoms with van der Waals surface area (Å²) in [6, 6.07) is 13.3. The van der Waals surface area contributed by atoms with E-state index in [9.17, 15) is 0 Å². The molecule has 0 unspecified atom stereocenters. The average molecular weight is 538 g/mol. The molecule has 0 bridgehead atoms. The van der Waals surface area contributed by atoms with E-state index in [-0.39, 0.29) is 0 Å². The normalized spacial score (nSPS) is 11.4. The third kappa shape index (κ3) is 4.19. The van der Waals surface area contributed by atoms with E-state index < -0.39 is 0 Å². The standard InChI is InChI=1S/C26H20ClN3O4S2/c1-14-20(28-25(35-14)15-4-6-16(27)7-5-15)13-33-21-8-17(31-2)9-22-18(21)10-23(34-22)19-11-30-12-24(32-3)36-26(30)29-19/h4-12H,13H2,1-3H3. The second-order valence-electron chi connectivity index (χ2n) is 8.04. The van der Waals surface area contributed by atoms with Gasteiger partial charge in [-0.05, 0) is 25.1 Å². The minimum Gasteiger partial charge on any atom is -0.496 e. The highest BCUT2D eigenvalue weighted by Gasteiger charge is 2.18. The van der Waals surface area contributed by atoms with Crippen LogP contribution in [0.15, 0.2) is 59.3 Å². The largest absolute Gasteiger partial charge is 0.496 e. The fourth-order valence-electron chi connectivity index (χ4n) is 3.86. The first kappa shape index (κ1) is 22.9. The second-order valence-corrected chi connectivity index (χ2v) is 10.6. The van der Waals surface area contributed by atoms with Crippen molar-refractivity contribution in [3.63, 3.8) is 0 Å². The number of halogens is 1. The Bertz CT molecular complexity index is 1670. The summed E-state index contributed by atoms with van der Waals surface area (Å²) < 4.78 is 25.1. The van der Waals surface area contributed by atoms with Gasteiger partial charge in [-0.15, -0.1) is 11.3 Å². The summed E-state index contributed by atoms with van der Waals surface area (Å²) in [4.78, 5) is 11.4. The third-order valence-electron chi connectivity index (χ3n) is 5.75. The Morgan fingerprint density at radius 3 is 2.58 bits per heavy atom. The second kappa shape index (κ2) is 9.16. The van der Waals surface area contributed by atoms with E-state index in [0.717, 1.165) is 42.2 Å². The van der Waals surface area contributed by atoms with Gasteiger partial charge < -0.3 is 18.6 Å². The minimum absolute atomic E-state index is 0.318. The molecule has 2 aromatic carbocycles. The van der Waals surface area contributed by atoms with Crippen molar-refractivity contribution in [2.24, 2.45) is 0 Å². The molecular weight excluding hydrogens is 518 g/mol. The number of methoxy groups -OCH3 is 2. The monoisotopic (exact) mass is 537 g/mol. The van der Waals surface area contributed by atoms with Crippen molar-refractivity contribution < 1.29 is 18.6 Å². The van der Waals surface area contributed by atoms with Crippen LogP contribution < -0.4 is 14.2 Å². The molecule has 0 amide bonds. The fraction of sp³-hybridized carbons (Fsp3) is 0.154. The summed E-state index contributed by atoms with van der Waals surface area (Å²) in [5.41, 5.74) is 3.30. The van der Waals surface area contributed by atoms with Crippen LogP contribution in [-0.2, 0) is 6.61 Å². The highest BCUT2D eigenvalue weighted by molar-refractivity contribution is 7.18. The van der Waals surface area contributed by atoms with E-state index >= 15 is 0 Å². The van der Waals surface area contributed by atoms with E-state index in [2.05, 4.69) is 4.98 Å². The minimum atomic E-state index is 0.318. The number of hydrogen-bond acceptors (Lipinski definition) is 8. The van der Waals surface area contributed by atoms with Crippen LogP contribution in [0, 0.1) is 6.92 Å². The SMILES string of the molecule is COc1cc(OCc2nc(-c3ccc(Cl)cc3)sc2C)c2cc(-c3cn4cc(OC)sc4n3)oc2c1. The van der Waals surface area contributed by atoms with Gasteiger partial charge in [0.15, 0.2) is 15.8 Å². The van der Waals surface area contributed by atoms with E-state index in [1.54, 1.807) is 25.6 Å². The molecule has 0 N–H and O–H groups in total. The number of aromatic nitrogens is 3. The van der Waals surface area contributed by atoms with Crippen LogP contribution in [0.25, 0.3) is 38.0 Å². The molecule has 0 aliphatic heterocycles. The first-order valence-corrected chi connectivity index (χ1v) is 13.0. The topological polar surface area (TPSA) is 71.0 Å². The Morgan fingerprint density at radius 2 is 1.83 bits per heavy atom. The molecule has 182 valence electrons. The number of imidazole rings is 1. The van der Waals surface area contributed by atoms with Crippen molar-refractivity contribution in [2.75, 3.05) is 14.2 Å². The van der Waals surface area contributed by atoms with Crippen LogP contribution in [0.2, 0.25) is 5.02 Å². The van der Waals surface area contributed by atoms with Gasteiger partial charge in [-0.25, -0.2) is 9.97 Å². The van der Waals surface area contributed by atoms with Crippen molar-refractivity contribution in [1.82, 2.24) is 14.4 Å². The number of nitrogens with zero attached hydrogens (tertiary/aromatic N) is 3. The van der Waals surface area contributed by atoms with Crippen molar-refractivity contribution >= 4 is 50.2 Å². The molecule has 4 aromatic heterocycles. The Labute approximate surface area is 219 Å². The molecule has 0 saturated heterocycles. The number of thiazole rings is 2. The first-order chi connectivity index (χ1) is 17.5. The maximum Gasteiger partial charge on any atom is 0.197 e. The van der Waals surface area contributed by atoms with Crippen molar-refractivity contribution in [3.8, 4) is 38.6 Å². The molecular formula is C26H20ClN3O4S2. The molecule has 6 aromatic rings. The number of rotatable bonds is 7. The van der Waals surface area contributed by atoms with Gasteiger partial charge in [0.05, 0.1) is 31.5 Å². The van der Waals surface area contributed by atoms with Crippen molar-refractivity contribution in [2.45, 2.75) is 13.5 Å². The predicted molar refractivity (Wildman–Crippen MR) is 143 cm³/mol. The first-order valence-electron chi connectivity index (χ1n) is 11.0. The molecule has 0 aliphatic carbocycles. The molecule has 0 atom stereocenters. The molecule has 7 nitrogen and oxygen atoms in total. The van der Waals surface area contributed by atoms with Gasteiger partial charge in [-0.1, -0.05) is 35.1 Å². The average Bonchev–Trinajstić information content (AvgIpc) is 3.64. The summed E-state index contributed by atoms with van der Waals surface area (Å²) >= 11 is 9.13. The smallest absolute Gasteiger partial charge is 0.197 e. The summed E-state index contributed by atoms with van der Waals surface area (Å²) in [5, 5.41) is 3.27. The molecule has 0 saturated carbocycles. The lowest BCUT2D eigenvalue weighted by atomic mass is 10.2. The van der Waals surface area contributed by atoms with Gasteiger partial charge in [0, 0.05) is 33.8 Å². The number of furan rings is 1. The van der Waals surface area contributed by atoms with E-state index in [0.29, 0.717) is 34.5 Å². The van der Waals surface area contributed by atoms with Gasteiger partial charge in [0.1, 0.15) is 34.4 Å². The van der Waals surface area contributed by atoms with Crippen molar-refractivity contribution in [3.05, 3.63) is 70.5 Å². The highest BCUT2D eigenvalue weighted by atomic mass is 35.5. The highest BCUT2D eigenvalue weighted by Crippen LogP contribution is 2.38. The fourth-order valence-corrected chi connectivity index (χ4v) is 5.69. The summed E-state index contributed by atoms with van der Waals surface area (Å²) in [6.07, 6.45) is 3.81. The van der Waals surface area contributed by atoms with Crippen LogP contribution in [0.4, 0.5) is 0 Å². The number of hydrogen-bond donors (Lipinski definition) is 0. The third-order valence-corrected chi connectivity index (χ3v) is 8.02. The van der Waals surface area contributed by atoms with E-state index in [4.69, 9.17) is 35.2 Å². The Hall–Kier alpha value is -3.53. The zero-order valence-corrected chi connectivity index (χ0v) is 22.0. The summed E-state index contributed by atoms with van der Waals surface area (Å²) in [5.74, 6) is 1.95. The summed E-state index contributed by atoms with van der Waals surface area (Å²) in [6.45, 7) is 2.37. The van der Waals surface area contributed by atoms with E-state index in [1.165, 1.54) is 11.3 Å². The van der Waals surface area contributed by atoms with Crippen molar-refractivity contribution in [1.29, 1.82) is 0 Å². The molecule has 0 spiro atoms. The number of benzene rings is 2. The molecule has 36 heavy (non-hydrogen) atoms. The summed E-state index contributed by atoms with van der Waals surface area (Å²) in [7, 11) is 3.26. The maximum absolute atomic E-state index is 6.26. The van der Waals surface area contributed by atoms with Gasteiger partial charge in [0.2, 0.25) is 0 Å². The van der Waals surface area contributed by atoms with Gasteiger partial charge in [-0.3, -0.25) is 4.40 Å². The van der Waals surface area contributed by atoms with Gasteiger partial charge in [-0.2, -0.15) is 0 Å². The Balaban J connectivity index is 1.31. The van der Waals surface area contributed by atoms with E-state index in [1.807, 2.05) is 66.2 Å². The van der Waals surface area contributed by atoms with Crippen LogP contribution >= 0.6 is 34.3 Å². The lowest BCUT2D eigenvalue weighted by Crippen LogP contribution is -1.98. The maximum atomic E-state index is 6.26. The molecule has 10 heteroatoms. The Morgan fingerprint density at radius 1 is 1.00 bits per heavy atom. The Kier molecular flexibility index (Phi) is 5.83. The quantitative estimate of drug-likeness (QED) is 0.210. The predicted octanol–water partition coefficient (Wildman–Crippen LogP) is 7.49. The van der Waals surface area contributed by atoms with Crippen LogP contribution in [-0.4, -0.2) is 28.6 Å². The van der Waals surface area contributed by atoms with Gasteiger partial charge >= 0.3 is 0 Å². The number of fused-ring (bicyclic) bond motifs is 2. The molecule has 6 rings (SSSR count). The molecule has 4 heterocycles. The number of ether oxygens (including phenoxy) is 3. The lowest BCUT2D eigenvalue weighted by molar-refractivity contribution is 0.303.